The first-order valence-corrected chi connectivity index (χ1v) is 7.51. The summed E-state index contributed by atoms with van der Waals surface area (Å²) in [6.45, 7) is 7.46. The van der Waals surface area contributed by atoms with E-state index in [-0.39, 0.29) is 23.7 Å². The third-order valence-electron chi connectivity index (χ3n) is 3.88. The zero-order chi connectivity index (χ0) is 16.8. The number of aromatic nitrogens is 1. The summed E-state index contributed by atoms with van der Waals surface area (Å²) in [7, 11) is 0. The van der Waals surface area contributed by atoms with Crippen LogP contribution in [0.2, 0.25) is 0 Å². The van der Waals surface area contributed by atoms with Crippen LogP contribution in [0, 0.1) is 10.1 Å². The van der Waals surface area contributed by atoms with E-state index < -0.39 is 4.92 Å². The van der Waals surface area contributed by atoms with Crippen molar-refractivity contribution in [3.63, 3.8) is 0 Å². The largest absolute Gasteiger partial charge is 0.366 e. The van der Waals surface area contributed by atoms with E-state index in [0.717, 1.165) is 19.5 Å². The minimum Gasteiger partial charge on any atom is -0.366 e. The number of hydrogen-bond acceptors (Lipinski definition) is 6. The average Bonchev–Trinajstić information content (AvgIpc) is 3.00. The summed E-state index contributed by atoms with van der Waals surface area (Å²) >= 11 is 0. The molecule has 0 radical (unpaired) electrons. The summed E-state index contributed by atoms with van der Waals surface area (Å²) in [5.41, 5.74) is -0.0314. The van der Waals surface area contributed by atoms with E-state index in [9.17, 15) is 14.9 Å². The van der Waals surface area contributed by atoms with E-state index >= 15 is 0 Å². The molecule has 2 N–H and O–H groups in total. The number of hydrogen-bond donors (Lipinski definition) is 2. The third-order valence-corrected chi connectivity index (χ3v) is 3.88. The van der Waals surface area contributed by atoms with Gasteiger partial charge in [0.2, 0.25) is 5.91 Å². The molecule has 0 aliphatic carbocycles. The Morgan fingerprint density at radius 1 is 1.65 bits per heavy atom. The second-order valence-electron chi connectivity index (χ2n) is 5.49. The van der Waals surface area contributed by atoms with Crippen molar-refractivity contribution in [3.8, 4) is 0 Å². The first-order chi connectivity index (χ1) is 11.0. The molecular formula is C15H21N5O3. The average molecular weight is 319 g/mol. The van der Waals surface area contributed by atoms with Crippen LogP contribution >= 0.6 is 0 Å². The van der Waals surface area contributed by atoms with Crippen molar-refractivity contribution in [3.05, 3.63) is 41.1 Å². The molecule has 1 amide bonds. The second kappa shape index (κ2) is 7.68. The molecule has 124 valence electrons. The van der Waals surface area contributed by atoms with Gasteiger partial charge in [0.15, 0.2) is 0 Å². The van der Waals surface area contributed by atoms with Gasteiger partial charge in [-0.1, -0.05) is 6.08 Å². The highest BCUT2D eigenvalue weighted by atomic mass is 16.6. The minimum atomic E-state index is -0.475. The van der Waals surface area contributed by atoms with Crippen molar-refractivity contribution in [2.24, 2.45) is 0 Å². The Balaban J connectivity index is 1.86. The van der Waals surface area contributed by atoms with Crippen molar-refractivity contribution >= 4 is 17.4 Å². The number of pyridine rings is 1. The fourth-order valence-electron chi connectivity index (χ4n) is 2.53. The van der Waals surface area contributed by atoms with Gasteiger partial charge in [-0.25, -0.2) is 4.98 Å². The van der Waals surface area contributed by atoms with Gasteiger partial charge < -0.3 is 10.6 Å². The predicted molar refractivity (Wildman–Crippen MR) is 87.2 cm³/mol. The maximum atomic E-state index is 12.0. The number of nitro groups is 1. The molecule has 23 heavy (non-hydrogen) atoms. The molecule has 0 spiro atoms. The fraction of sp³-hybridized carbons (Fsp3) is 0.467. The molecule has 1 aliphatic rings. The van der Waals surface area contributed by atoms with E-state index in [1.54, 1.807) is 12.1 Å². The monoisotopic (exact) mass is 319 g/mol. The van der Waals surface area contributed by atoms with Crippen molar-refractivity contribution in [2.75, 3.05) is 25.0 Å². The lowest BCUT2D eigenvalue weighted by atomic mass is 10.2. The molecule has 2 atom stereocenters. The summed E-state index contributed by atoms with van der Waals surface area (Å²) in [5, 5.41) is 16.7. The highest BCUT2D eigenvalue weighted by molar-refractivity contribution is 5.81. The Labute approximate surface area is 134 Å². The van der Waals surface area contributed by atoms with Gasteiger partial charge in [0.1, 0.15) is 12.0 Å². The molecule has 2 heterocycles. The summed E-state index contributed by atoms with van der Waals surface area (Å²) in [5.74, 6) is 0.588. The quantitative estimate of drug-likeness (QED) is 0.444. The van der Waals surface area contributed by atoms with Crippen LogP contribution in [0.3, 0.4) is 0 Å². The van der Waals surface area contributed by atoms with E-state index in [2.05, 4.69) is 27.1 Å². The molecule has 0 aromatic carbocycles. The summed E-state index contributed by atoms with van der Waals surface area (Å²) in [6, 6.07) is 2.99. The molecule has 0 saturated carbocycles. The van der Waals surface area contributed by atoms with E-state index in [1.807, 2.05) is 6.92 Å². The predicted octanol–water partition coefficient (Wildman–Crippen LogP) is 1.17. The lowest BCUT2D eigenvalue weighted by Gasteiger charge is -2.23. The van der Waals surface area contributed by atoms with Gasteiger partial charge in [-0.3, -0.25) is 19.8 Å². The van der Waals surface area contributed by atoms with E-state index in [1.165, 1.54) is 12.3 Å². The molecule has 1 saturated heterocycles. The number of amides is 1. The summed E-state index contributed by atoms with van der Waals surface area (Å²) in [6.07, 6.45) is 3.78. The molecule has 0 bridgehead atoms. The van der Waals surface area contributed by atoms with E-state index in [0.29, 0.717) is 12.4 Å². The molecule has 8 heteroatoms. The Bertz CT molecular complexity index is 575. The van der Waals surface area contributed by atoms with Gasteiger partial charge >= 0.3 is 0 Å². The fourth-order valence-corrected chi connectivity index (χ4v) is 2.53. The highest BCUT2D eigenvalue weighted by Crippen LogP contribution is 2.18. The van der Waals surface area contributed by atoms with Gasteiger partial charge in [-0.15, -0.1) is 6.58 Å². The molecule has 0 unspecified atom stereocenters. The van der Waals surface area contributed by atoms with Crippen LogP contribution in [-0.4, -0.2) is 52.4 Å². The van der Waals surface area contributed by atoms with Crippen molar-refractivity contribution in [1.82, 2.24) is 15.2 Å². The zero-order valence-electron chi connectivity index (χ0n) is 13.1. The van der Waals surface area contributed by atoms with Crippen LogP contribution in [-0.2, 0) is 4.79 Å². The van der Waals surface area contributed by atoms with Gasteiger partial charge in [0, 0.05) is 31.7 Å². The Kier molecular flexibility index (Phi) is 5.64. The number of nitrogens with zero attached hydrogens (tertiary/aromatic N) is 3. The number of nitrogens with one attached hydrogen (secondary N) is 2. The van der Waals surface area contributed by atoms with Gasteiger partial charge in [-0.05, 0) is 19.4 Å². The Hall–Kier alpha value is -2.48. The van der Waals surface area contributed by atoms with Gasteiger partial charge in [-0.2, -0.15) is 0 Å². The molecule has 1 aliphatic heterocycles. The number of rotatable bonds is 7. The summed E-state index contributed by atoms with van der Waals surface area (Å²) < 4.78 is 0. The molecular weight excluding hydrogens is 298 g/mol. The first kappa shape index (κ1) is 16.9. The SMILES string of the molecule is C=CCNC(=O)[C@@H](C)N1CC[C@@H](Nc2ccc([N+](=O)[O-])cn2)C1. The van der Waals surface area contributed by atoms with Crippen LogP contribution in [0.4, 0.5) is 11.5 Å². The summed E-state index contributed by atoms with van der Waals surface area (Å²) in [4.78, 5) is 28.2. The number of anilines is 1. The van der Waals surface area contributed by atoms with Crippen LogP contribution in [0.1, 0.15) is 13.3 Å². The van der Waals surface area contributed by atoms with Crippen molar-refractivity contribution in [2.45, 2.75) is 25.4 Å². The lowest BCUT2D eigenvalue weighted by Crippen LogP contribution is -2.44. The number of carbonyl (C=O) groups excluding carboxylic acids is 1. The minimum absolute atomic E-state index is 0.0148. The maximum Gasteiger partial charge on any atom is 0.287 e. The smallest absolute Gasteiger partial charge is 0.287 e. The number of likely N-dealkylation sites (tertiary alicyclic amines) is 1. The Morgan fingerprint density at radius 2 is 2.43 bits per heavy atom. The van der Waals surface area contributed by atoms with E-state index in [4.69, 9.17) is 0 Å². The van der Waals surface area contributed by atoms with Crippen molar-refractivity contribution < 1.29 is 9.72 Å². The van der Waals surface area contributed by atoms with Crippen LogP contribution in [0.5, 0.6) is 0 Å². The van der Waals surface area contributed by atoms with Gasteiger partial charge in [0.25, 0.3) is 5.69 Å². The van der Waals surface area contributed by atoms with Crippen LogP contribution < -0.4 is 10.6 Å². The second-order valence-corrected chi connectivity index (χ2v) is 5.49. The number of carbonyl (C=O) groups is 1. The lowest BCUT2D eigenvalue weighted by molar-refractivity contribution is -0.385. The molecule has 1 aromatic heterocycles. The molecule has 1 fully saturated rings. The topological polar surface area (TPSA) is 100 Å². The van der Waals surface area contributed by atoms with Crippen molar-refractivity contribution in [1.29, 1.82) is 0 Å². The normalized spacial score (nSPS) is 19.1. The van der Waals surface area contributed by atoms with Crippen LogP contribution in [0.25, 0.3) is 0 Å². The molecule has 2 rings (SSSR count). The standard InChI is InChI=1S/C15H21N5O3/c1-3-7-16-15(21)11(2)19-8-6-12(10-19)18-14-5-4-13(9-17-14)20(22)23/h3-5,9,11-12H,1,6-8,10H2,2H3,(H,16,21)(H,17,18)/t11-,12-/m1/s1. The molecule has 8 nitrogen and oxygen atoms in total. The first-order valence-electron chi connectivity index (χ1n) is 7.51. The highest BCUT2D eigenvalue weighted by Gasteiger charge is 2.29. The Morgan fingerprint density at radius 3 is 3.04 bits per heavy atom. The van der Waals surface area contributed by atoms with Gasteiger partial charge in [0.05, 0.1) is 11.0 Å². The third kappa shape index (κ3) is 4.49. The molecule has 1 aromatic rings. The van der Waals surface area contributed by atoms with Crippen LogP contribution in [0.15, 0.2) is 31.0 Å². The maximum absolute atomic E-state index is 12.0. The zero-order valence-corrected chi connectivity index (χ0v) is 13.1.